The van der Waals surface area contributed by atoms with Gasteiger partial charge in [-0.05, 0) is 89.9 Å². The van der Waals surface area contributed by atoms with Crippen molar-refractivity contribution in [1.82, 2.24) is 5.32 Å². The van der Waals surface area contributed by atoms with E-state index in [-0.39, 0.29) is 19.1 Å². The van der Waals surface area contributed by atoms with Crippen LogP contribution in [-0.4, -0.2) is 73.4 Å². The Kier molecular flexibility index (Phi) is 52.3. The molecule has 0 rings (SSSR count). The molecular weight excluding hydrogens is 924 g/mol. The summed E-state index contributed by atoms with van der Waals surface area (Å²) in [4.78, 5) is 23.3. The minimum absolute atomic E-state index is 0.0476. The molecule has 0 fully saturated rings. The number of aliphatic hydroxyl groups excluding tert-OH is 1. The Balaban J connectivity index is 4.30. The van der Waals surface area contributed by atoms with Crippen molar-refractivity contribution in [3.8, 4) is 0 Å². The van der Waals surface area contributed by atoms with Crippen LogP contribution in [0.3, 0.4) is 0 Å². The zero-order valence-electron chi connectivity index (χ0n) is 48.1. The first-order chi connectivity index (χ1) is 35.5. The zero-order chi connectivity index (χ0) is 53.5. The number of unbranched alkanes of at least 4 members (excludes halogenated alkanes) is 27. The highest BCUT2D eigenvalue weighted by molar-refractivity contribution is 7.47. The zero-order valence-corrected chi connectivity index (χ0v) is 49.0. The van der Waals surface area contributed by atoms with Gasteiger partial charge in [-0.3, -0.25) is 13.8 Å². The Bertz CT molecular complexity index is 1510. The fourth-order valence-corrected chi connectivity index (χ4v) is 9.07. The number of phosphoric acid groups is 1. The average Bonchev–Trinajstić information content (AvgIpc) is 3.35. The number of aliphatic hydroxyl groups is 1. The third-order valence-corrected chi connectivity index (χ3v) is 14.0. The van der Waals surface area contributed by atoms with Crippen LogP contribution in [0.5, 0.6) is 0 Å². The largest absolute Gasteiger partial charge is 0.472 e. The van der Waals surface area contributed by atoms with Crippen molar-refractivity contribution in [2.45, 2.75) is 264 Å². The first kappa shape index (κ1) is 70.4. The molecule has 422 valence electrons. The van der Waals surface area contributed by atoms with E-state index in [0.717, 1.165) is 83.5 Å². The van der Waals surface area contributed by atoms with Gasteiger partial charge in [0.05, 0.1) is 39.9 Å². The maximum Gasteiger partial charge on any atom is 0.472 e. The first-order valence-electron chi connectivity index (χ1n) is 30.1. The SMILES string of the molecule is CC/C=C\C/C=C\C/C=C\C/C=C\C/C=C\CCCCCCCCCCCC(=O)NC(COP(=O)(O)OCC[N+](C)(C)C)C(O)/C=C/CC/C=C/CC/C=C/CCCCCCCCCCCCCCCCCC. The second kappa shape index (κ2) is 54.2. The van der Waals surface area contributed by atoms with E-state index in [9.17, 15) is 19.4 Å². The number of nitrogens with one attached hydrogen (secondary N) is 1. The summed E-state index contributed by atoms with van der Waals surface area (Å²) in [7, 11) is 1.53. The van der Waals surface area contributed by atoms with Crippen LogP contribution < -0.4 is 5.32 Å². The van der Waals surface area contributed by atoms with E-state index < -0.39 is 20.0 Å². The number of nitrogens with zero attached hydrogens (tertiary/aromatic N) is 1. The summed E-state index contributed by atoms with van der Waals surface area (Å²) in [5, 5.41) is 13.9. The number of carbonyl (C=O) groups excluding carboxylic acids is 1. The van der Waals surface area contributed by atoms with Crippen molar-refractivity contribution >= 4 is 13.7 Å². The highest BCUT2D eigenvalue weighted by atomic mass is 31.2. The molecule has 3 atom stereocenters. The molecule has 0 saturated heterocycles. The monoisotopic (exact) mass is 1040 g/mol. The van der Waals surface area contributed by atoms with Crippen LogP contribution in [0.1, 0.15) is 251 Å². The molecule has 3 unspecified atom stereocenters. The number of allylic oxidation sites excluding steroid dienone is 15. The fraction of sp³-hybridized carbons (Fsp3) is 0.734. The van der Waals surface area contributed by atoms with Gasteiger partial charge < -0.3 is 19.8 Å². The standard InChI is InChI=1S/C64H115N2O6P/c1-6-8-10-12-14-16-18-20-22-24-26-28-30-32-34-35-37-39-41-43-45-47-49-51-53-55-57-63(67)62(61-72-73(69,70)71-60-59-66(3,4)5)65-64(68)58-56-54-52-50-48-46-44-42-40-38-36-33-31-29-27-25-23-21-19-17-15-13-11-9-7-2/h9,11,15,17,21,23,27,29,33,36,39,41,47,49,55,57,62-63,67H,6-8,10,12-14,16,18-20,22,24-26,28,30-32,34-35,37-38,40,42-46,48,50-54,56,58-61H2,1-5H3,(H-,65,68,69,70)/p+1/b11-9-,17-15-,23-21-,29-27-,36-33-,41-39+,49-47+,57-55+. The number of hydrogen-bond acceptors (Lipinski definition) is 5. The van der Waals surface area contributed by atoms with Gasteiger partial charge in [-0.1, -0.05) is 252 Å². The molecule has 0 aromatic rings. The predicted octanol–water partition coefficient (Wildman–Crippen LogP) is 18.6. The van der Waals surface area contributed by atoms with Crippen molar-refractivity contribution in [1.29, 1.82) is 0 Å². The van der Waals surface area contributed by atoms with Crippen LogP contribution in [0.25, 0.3) is 0 Å². The average molecular weight is 1040 g/mol. The van der Waals surface area contributed by atoms with Gasteiger partial charge in [0.15, 0.2) is 0 Å². The number of phosphoric ester groups is 1. The van der Waals surface area contributed by atoms with Crippen LogP contribution in [0, 0.1) is 0 Å². The van der Waals surface area contributed by atoms with Crippen molar-refractivity contribution in [2.24, 2.45) is 0 Å². The topological polar surface area (TPSA) is 105 Å². The first-order valence-corrected chi connectivity index (χ1v) is 31.6. The molecule has 0 saturated carbocycles. The molecule has 0 aromatic heterocycles. The minimum atomic E-state index is -4.37. The van der Waals surface area contributed by atoms with E-state index >= 15 is 0 Å². The molecule has 9 heteroatoms. The van der Waals surface area contributed by atoms with E-state index in [0.29, 0.717) is 17.4 Å². The molecule has 3 N–H and O–H groups in total. The molecule has 8 nitrogen and oxygen atoms in total. The highest BCUT2D eigenvalue weighted by Crippen LogP contribution is 2.43. The normalized spacial score (nSPS) is 14.6. The summed E-state index contributed by atoms with van der Waals surface area (Å²) in [5.74, 6) is -0.200. The maximum atomic E-state index is 13.0. The van der Waals surface area contributed by atoms with Gasteiger partial charge in [-0.2, -0.15) is 0 Å². The summed E-state index contributed by atoms with van der Waals surface area (Å²) in [5.41, 5.74) is 0. The second-order valence-electron chi connectivity index (χ2n) is 21.3. The molecule has 0 aliphatic rings. The van der Waals surface area contributed by atoms with Crippen LogP contribution in [0.15, 0.2) is 97.2 Å². The molecule has 0 heterocycles. The van der Waals surface area contributed by atoms with Crippen LogP contribution >= 0.6 is 7.82 Å². The van der Waals surface area contributed by atoms with Gasteiger partial charge in [0.25, 0.3) is 0 Å². The van der Waals surface area contributed by atoms with Crippen molar-refractivity contribution in [2.75, 3.05) is 40.9 Å². The number of hydrogen-bond donors (Lipinski definition) is 3. The van der Waals surface area contributed by atoms with Gasteiger partial charge in [-0.15, -0.1) is 0 Å². The van der Waals surface area contributed by atoms with Gasteiger partial charge >= 0.3 is 7.82 Å². The van der Waals surface area contributed by atoms with Crippen molar-refractivity contribution in [3.63, 3.8) is 0 Å². The van der Waals surface area contributed by atoms with Gasteiger partial charge in [0.2, 0.25) is 5.91 Å². The third kappa shape index (κ3) is 57.0. The lowest BCUT2D eigenvalue weighted by Gasteiger charge is -2.25. The third-order valence-electron chi connectivity index (χ3n) is 13.0. The number of rotatable bonds is 54. The molecule has 0 radical (unpaired) electrons. The van der Waals surface area contributed by atoms with Crippen molar-refractivity contribution < 1.29 is 32.9 Å². The molecule has 0 aliphatic carbocycles. The Hall–Kier alpha value is -2.58. The number of amides is 1. The smallest absolute Gasteiger partial charge is 0.387 e. The minimum Gasteiger partial charge on any atom is -0.387 e. The number of carbonyl (C=O) groups is 1. The van der Waals surface area contributed by atoms with E-state index in [1.165, 1.54) is 148 Å². The Morgan fingerprint density at radius 3 is 1.26 bits per heavy atom. The Morgan fingerprint density at radius 1 is 0.479 bits per heavy atom. The highest BCUT2D eigenvalue weighted by Gasteiger charge is 2.27. The van der Waals surface area contributed by atoms with Gasteiger partial charge in [0.1, 0.15) is 13.2 Å². The Labute approximate surface area is 451 Å². The van der Waals surface area contributed by atoms with E-state index in [4.69, 9.17) is 9.05 Å². The van der Waals surface area contributed by atoms with E-state index in [1.807, 2.05) is 27.2 Å². The number of quaternary nitrogens is 1. The molecule has 0 spiro atoms. The van der Waals surface area contributed by atoms with E-state index in [2.05, 4.69) is 104 Å². The predicted molar refractivity (Wildman–Crippen MR) is 318 cm³/mol. The fourth-order valence-electron chi connectivity index (χ4n) is 8.34. The second-order valence-corrected chi connectivity index (χ2v) is 22.8. The van der Waals surface area contributed by atoms with Gasteiger partial charge in [0, 0.05) is 6.42 Å². The summed E-state index contributed by atoms with van der Waals surface area (Å²) in [6.45, 7) is 4.68. The van der Waals surface area contributed by atoms with Crippen LogP contribution in [-0.2, 0) is 18.4 Å². The summed E-state index contributed by atoms with van der Waals surface area (Å²) in [6.07, 6.45) is 78.0. The molecular formula is C64H116N2O6P+. The van der Waals surface area contributed by atoms with Crippen LogP contribution in [0.4, 0.5) is 0 Å². The number of likely N-dealkylation sites (N-methyl/N-ethyl adjacent to an activating group) is 1. The molecule has 1 amide bonds. The summed E-state index contributed by atoms with van der Waals surface area (Å²) in [6, 6.07) is -0.881. The van der Waals surface area contributed by atoms with Gasteiger partial charge in [-0.25, -0.2) is 4.57 Å². The summed E-state index contributed by atoms with van der Waals surface area (Å²) >= 11 is 0. The lowest BCUT2D eigenvalue weighted by molar-refractivity contribution is -0.870. The lowest BCUT2D eigenvalue weighted by Crippen LogP contribution is -2.45. The molecule has 0 aliphatic heterocycles. The molecule has 0 aromatic carbocycles. The van der Waals surface area contributed by atoms with Crippen molar-refractivity contribution in [3.05, 3.63) is 97.2 Å². The summed E-state index contributed by atoms with van der Waals surface area (Å²) < 4.78 is 23.7. The van der Waals surface area contributed by atoms with E-state index in [1.54, 1.807) is 6.08 Å². The molecule has 73 heavy (non-hydrogen) atoms. The lowest BCUT2D eigenvalue weighted by atomic mass is 10.0. The Morgan fingerprint density at radius 2 is 0.836 bits per heavy atom. The quantitative estimate of drug-likeness (QED) is 0.0243. The maximum absolute atomic E-state index is 13.0. The van der Waals surface area contributed by atoms with Crippen LogP contribution in [0.2, 0.25) is 0 Å². The molecule has 0 bridgehead atoms.